The van der Waals surface area contributed by atoms with E-state index in [0.717, 1.165) is 43.2 Å². The van der Waals surface area contributed by atoms with Crippen molar-refractivity contribution in [2.75, 3.05) is 26.7 Å². The second-order valence-electron chi connectivity index (χ2n) is 11.4. The summed E-state index contributed by atoms with van der Waals surface area (Å²) in [6, 6.07) is 11.3. The molecule has 7 heteroatoms. The van der Waals surface area contributed by atoms with Crippen molar-refractivity contribution in [3.63, 3.8) is 0 Å². The summed E-state index contributed by atoms with van der Waals surface area (Å²) >= 11 is 1.70. The van der Waals surface area contributed by atoms with Gasteiger partial charge in [0, 0.05) is 50.4 Å². The Kier molecular flexibility index (Phi) is 8.30. The van der Waals surface area contributed by atoms with Gasteiger partial charge in [0.25, 0.3) is 0 Å². The summed E-state index contributed by atoms with van der Waals surface area (Å²) in [4.78, 5) is 36.2. The smallest absolute Gasteiger partial charge is 0.227 e. The van der Waals surface area contributed by atoms with Crippen LogP contribution in [0.1, 0.15) is 84.8 Å². The zero-order valence-electron chi connectivity index (χ0n) is 22.6. The Hall–Kier alpha value is -2.25. The predicted octanol–water partition coefficient (Wildman–Crippen LogP) is 5.09. The minimum Gasteiger partial charge on any atom is -0.340 e. The zero-order valence-corrected chi connectivity index (χ0v) is 23.4. The van der Waals surface area contributed by atoms with E-state index in [4.69, 9.17) is 4.98 Å². The molecule has 4 unspecified atom stereocenters. The summed E-state index contributed by atoms with van der Waals surface area (Å²) in [5.74, 6) is 1.56. The van der Waals surface area contributed by atoms with Crippen LogP contribution in [-0.4, -0.2) is 59.3 Å². The predicted molar refractivity (Wildman–Crippen MR) is 149 cm³/mol. The van der Waals surface area contributed by atoms with Crippen molar-refractivity contribution in [1.82, 2.24) is 20.1 Å². The van der Waals surface area contributed by atoms with Gasteiger partial charge in [0.15, 0.2) is 0 Å². The quantitative estimate of drug-likeness (QED) is 0.574. The molecule has 1 saturated carbocycles. The lowest BCUT2D eigenvalue weighted by atomic mass is 9.75. The maximum Gasteiger partial charge on any atom is 0.227 e. The number of aromatic nitrogens is 1. The molecule has 1 aromatic heterocycles. The average Bonchev–Trinajstić information content (AvgIpc) is 3.55. The molecule has 2 aliphatic heterocycles. The van der Waals surface area contributed by atoms with E-state index in [-0.39, 0.29) is 17.7 Å². The molecular weight excluding hydrogens is 480 g/mol. The number of rotatable bonds is 6. The molecule has 200 valence electrons. The maximum absolute atomic E-state index is 14.3. The number of likely N-dealkylation sites (tertiary alicyclic amines) is 1. The first kappa shape index (κ1) is 26.4. The van der Waals surface area contributed by atoms with E-state index in [1.807, 2.05) is 14.0 Å². The van der Waals surface area contributed by atoms with Gasteiger partial charge in [-0.2, -0.15) is 0 Å². The van der Waals surface area contributed by atoms with Crippen LogP contribution < -0.4 is 5.32 Å². The molecule has 0 bridgehead atoms. The highest BCUT2D eigenvalue weighted by Gasteiger charge is 2.44. The minimum atomic E-state index is -0.0689. The van der Waals surface area contributed by atoms with Crippen LogP contribution in [0.15, 0.2) is 30.3 Å². The third-order valence-corrected chi connectivity index (χ3v) is 10.2. The fraction of sp³-hybridized carbons (Fsp3) is 0.633. The summed E-state index contributed by atoms with van der Waals surface area (Å²) in [6.45, 7) is 6.48. The molecule has 1 aromatic carbocycles. The Balaban J connectivity index is 1.38. The van der Waals surface area contributed by atoms with Crippen LogP contribution in [-0.2, 0) is 16.1 Å². The lowest BCUT2D eigenvalue weighted by molar-refractivity contribution is -0.141. The number of carbonyl (C=O) groups is 2. The van der Waals surface area contributed by atoms with E-state index in [0.29, 0.717) is 30.3 Å². The molecule has 3 aliphatic rings. The fourth-order valence-electron chi connectivity index (χ4n) is 6.92. The van der Waals surface area contributed by atoms with Crippen molar-refractivity contribution in [1.29, 1.82) is 0 Å². The first-order valence-electron chi connectivity index (χ1n) is 14.2. The van der Waals surface area contributed by atoms with Crippen molar-refractivity contribution in [3.05, 3.63) is 51.5 Å². The van der Waals surface area contributed by atoms with Gasteiger partial charge in [0.2, 0.25) is 11.8 Å². The Morgan fingerprint density at radius 3 is 2.59 bits per heavy atom. The second-order valence-corrected chi connectivity index (χ2v) is 12.7. The first-order valence-corrected chi connectivity index (χ1v) is 15.0. The lowest BCUT2D eigenvalue weighted by Gasteiger charge is -2.46. The summed E-state index contributed by atoms with van der Waals surface area (Å²) in [5.41, 5.74) is 2.38. The van der Waals surface area contributed by atoms with E-state index in [1.165, 1.54) is 42.5 Å². The number of aryl methyl sites for hydroxylation is 1. The number of hydrogen-bond donors (Lipinski definition) is 1. The maximum atomic E-state index is 14.3. The third-order valence-electron chi connectivity index (χ3n) is 9.02. The van der Waals surface area contributed by atoms with Gasteiger partial charge in [0.1, 0.15) is 0 Å². The summed E-state index contributed by atoms with van der Waals surface area (Å²) in [7, 11) is 1.82. The molecule has 5 rings (SSSR count). The molecule has 2 aromatic rings. The van der Waals surface area contributed by atoms with Crippen LogP contribution in [0.5, 0.6) is 0 Å². The highest BCUT2D eigenvalue weighted by Crippen LogP contribution is 2.42. The van der Waals surface area contributed by atoms with Crippen LogP contribution in [0.4, 0.5) is 0 Å². The molecule has 1 aliphatic carbocycles. The molecule has 0 radical (unpaired) electrons. The van der Waals surface area contributed by atoms with Gasteiger partial charge in [-0.3, -0.25) is 9.59 Å². The molecule has 2 saturated heterocycles. The van der Waals surface area contributed by atoms with E-state index < -0.39 is 0 Å². The monoisotopic (exact) mass is 522 g/mol. The number of thiazole rings is 1. The number of nitrogens with one attached hydrogen (secondary N) is 1. The normalized spacial score (nSPS) is 26.8. The number of hydrogen-bond acceptors (Lipinski definition) is 5. The number of piperidine rings is 1. The Morgan fingerprint density at radius 1 is 1.11 bits per heavy atom. The summed E-state index contributed by atoms with van der Waals surface area (Å²) < 4.78 is 0. The van der Waals surface area contributed by atoms with Crippen molar-refractivity contribution in [2.45, 2.75) is 83.2 Å². The van der Waals surface area contributed by atoms with Crippen molar-refractivity contribution >= 4 is 23.2 Å². The van der Waals surface area contributed by atoms with Gasteiger partial charge in [0.05, 0.1) is 23.2 Å². The third kappa shape index (κ3) is 5.78. The van der Waals surface area contributed by atoms with Crippen LogP contribution >= 0.6 is 11.3 Å². The molecule has 37 heavy (non-hydrogen) atoms. The van der Waals surface area contributed by atoms with Crippen molar-refractivity contribution < 1.29 is 9.59 Å². The van der Waals surface area contributed by atoms with E-state index in [9.17, 15) is 9.59 Å². The van der Waals surface area contributed by atoms with Gasteiger partial charge in [-0.05, 0) is 50.0 Å². The van der Waals surface area contributed by atoms with Crippen molar-refractivity contribution in [3.8, 4) is 0 Å². The summed E-state index contributed by atoms with van der Waals surface area (Å²) in [6.07, 6.45) is 8.53. The molecule has 6 nitrogen and oxygen atoms in total. The fourth-order valence-corrected chi connectivity index (χ4v) is 8.02. The van der Waals surface area contributed by atoms with Gasteiger partial charge in [-0.1, -0.05) is 49.6 Å². The zero-order chi connectivity index (χ0) is 25.9. The Bertz CT molecular complexity index is 1080. The second kappa shape index (κ2) is 11.6. The van der Waals surface area contributed by atoms with Crippen LogP contribution in [0.2, 0.25) is 0 Å². The van der Waals surface area contributed by atoms with Crippen molar-refractivity contribution in [2.24, 2.45) is 11.8 Å². The topological polar surface area (TPSA) is 65.5 Å². The van der Waals surface area contributed by atoms with E-state index in [1.54, 1.807) is 23.2 Å². The molecule has 2 amide bonds. The minimum absolute atomic E-state index is 0.0328. The highest BCUT2D eigenvalue weighted by atomic mass is 32.1. The molecule has 0 spiro atoms. The highest BCUT2D eigenvalue weighted by molar-refractivity contribution is 7.11. The SMILES string of the molecule is CC(=O)N(C)Cc1nc(C)sc1C1CNCC1C(=O)N1CCC(c2ccccc2)CC1C1CCCCC1. The average molecular weight is 523 g/mol. The van der Waals surface area contributed by atoms with E-state index in [2.05, 4.69) is 40.5 Å². The molecular formula is C30H42N4O2S. The van der Waals surface area contributed by atoms with Crippen LogP contribution in [0, 0.1) is 18.8 Å². The first-order chi connectivity index (χ1) is 17.9. The largest absolute Gasteiger partial charge is 0.340 e. The lowest BCUT2D eigenvalue weighted by Crippen LogP contribution is -2.52. The molecule has 4 atom stereocenters. The molecule has 1 N–H and O–H groups in total. The summed E-state index contributed by atoms with van der Waals surface area (Å²) in [5, 5.41) is 4.54. The standard InChI is InChI=1S/C30H42N4O2S/c1-20-32-27(19-33(3)21(2)35)29(37-20)25-17-31-18-26(25)30(36)34-15-14-24(22-10-6-4-7-11-22)16-28(34)23-12-8-5-9-13-23/h4,6-7,10-11,23-26,28,31H,5,8-9,12-19H2,1-3H3. The van der Waals surface area contributed by atoms with Gasteiger partial charge < -0.3 is 15.1 Å². The Labute approximate surface area is 225 Å². The molecule has 3 fully saturated rings. The van der Waals surface area contributed by atoms with Gasteiger partial charge in [-0.25, -0.2) is 4.98 Å². The number of carbonyl (C=O) groups excluding carboxylic acids is 2. The molecule has 3 heterocycles. The van der Waals surface area contributed by atoms with Gasteiger partial charge in [-0.15, -0.1) is 11.3 Å². The number of amides is 2. The van der Waals surface area contributed by atoms with Crippen LogP contribution in [0.25, 0.3) is 0 Å². The Morgan fingerprint density at radius 2 is 1.86 bits per heavy atom. The number of nitrogens with zero attached hydrogens (tertiary/aromatic N) is 3. The van der Waals surface area contributed by atoms with E-state index >= 15 is 0 Å². The van der Waals surface area contributed by atoms with Gasteiger partial charge >= 0.3 is 0 Å². The van der Waals surface area contributed by atoms with Crippen LogP contribution in [0.3, 0.4) is 0 Å². The number of benzene rings is 1.